The van der Waals surface area contributed by atoms with Crippen molar-refractivity contribution in [1.29, 1.82) is 0 Å². The number of hydrogen-bond donors (Lipinski definition) is 0. The molecular formula is C23H34. The van der Waals surface area contributed by atoms with Gasteiger partial charge in [-0.25, -0.2) is 0 Å². The molecule has 0 radical (unpaired) electrons. The predicted octanol–water partition coefficient (Wildman–Crippen LogP) is 7.35. The summed E-state index contributed by atoms with van der Waals surface area (Å²) in [6, 6.07) is 8.84. The zero-order valence-electron chi connectivity index (χ0n) is 15.8. The molecule has 0 atom stereocenters. The summed E-state index contributed by atoms with van der Waals surface area (Å²) in [6.45, 7) is 11.0. The summed E-state index contributed by atoms with van der Waals surface area (Å²) in [5, 5.41) is 0. The van der Waals surface area contributed by atoms with E-state index in [9.17, 15) is 0 Å². The number of rotatable bonds is 9. The van der Waals surface area contributed by atoms with Crippen LogP contribution in [-0.2, 0) is 6.42 Å². The highest BCUT2D eigenvalue weighted by Crippen LogP contribution is 2.13. The van der Waals surface area contributed by atoms with Crippen LogP contribution in [0.1, 0.15) is 70.9 Å². The molecule has 0 aliphatic rings. The maximum Gasteiger partial charge on any atom is -0.0244 e. The first kappa shape index (κ1) is 19.5. The van der Waals surface area contributed by atoms with Gasteiger partial charge in [-0.3, -0.25) is 0 Å². The van der Waals surface area contributed by atoms with Crippen molar-refractivity contribution in [3.63, 3.8) is 0 Å². The Morgan fingerprint density at radius 1 is 0.826 bits per heavy atom. The fourth-order valence-corrected chi connectivity index (χ4v) is 2.69. The second kappa shape index (κ2) is 11.0. The quantitative estimate of drug-likeness (QED) is 0.418. The Bertz CT molecular complexity index is 551. The lowest BCUT2D eigenvalue weighted by Crippen LogP contribution is -1.86. The second-order valence-corrected chi connectivity index (χ2v) is 6.99. The van der Waals surface area contributed by atoms with Gasteiger partial charge in [0.1, 0.15) is 0 Å². The van der Waals surface area contributed by atoms with Gasteiger partial charge in [0.25, 0.3) is 0 Å². The normalized spacial score (nSPS) is 12.4. The summed E-state index contributed by atoms with van der Waals surface area (Å²) in [5.41, 5.74) is 7.27. The summed E-state index contributed by atoms with van der Waals surface area (Å²) in [7, 11) is 0. The molecule has 0 amide bonds. The minimum absolute atomic E-state index is 1.15. The smallest absolute Gasteiger partial charge is 0.0244 e. The lowest BCUT2D eigenvalue weighted by atomic mass is 10.0. The summed E-state index contributed by atoms with van der Waals surface area (Å²) >= 11 is 0. The molecule has 0 N–H and O–H groups in total. The molecule has 0 saturated carbocycles. The molecule has 126 valence electrons. The highest BCUT2D eigenvalue weighted by atomic mass is 14.0. The lowest BCUT2D eigenvalue weighted by molar-refractivity contribution is 0.903. The van der Waals surface area contributed by atoms with E-state index in [0.717, 1.165) is 12.8 Å². The van der Waals surface area contributed by atoms with E-state index in [1.807, 2.05) is 0 Å². The zero-order chi connectivity index (χ0) is 17.1. The van der Waals surface area contributed by atoms with Crippen LogP contribution in [0, 0.1) is 6.92 Å². The molecule has 0 nitrogen and oxygen atoms in total. The van der Waals surface area contributed by atoms with Gasteiger partial charge in [-0.15, -0.1) is 0 Å². The maximum atomic E-state index is 2.41. The van der Waals surface area contributed by atoms with E-state index in [-0.39, 0.29) is 0 Å². The van der Waals surface area contributed by atoms with Gasteiger partial charge in [0.15, 0.2) is 0 Å². The molecule has 1 aromatic carbocycles. The summed E-state index contributed by atoms with van der Waals surface area (Å²) in [6.07, 6.45) is 14.2. The standard InChI is InChI=1S/C23H34/c1-19(2)10-6-11-20(3)12-7-13-21(4)14-8-16-23-17-9-15-22(5)18-23/h9-10,12,14-15,17-18H,6-8,11,13,16H2,1-5H3/b20-12+,21-14+. The first-order valence-corrected chi connectivity index (χ1v) is 8.97. The Balaban J connectivity index is 2.27. The summed E-state index contributed by atoms with van der Waals surface area (Å²) in [5.74, 6) is 0. The number of aryl methyl sites for hydroxylation is 2. The Morgan fingerprint density at radius 2 is 1.43 bits per heavy atom. The molecule has 1 aromatic rings. The van der Waals surface area contributed by atoms with Crippen molar-refractivity contribution in [2.75, 3.05) is 0 Å². The molecule has 0 heteroatoms. The minimum atomic E-state index is 1.15. The Kier molecular flexibility index (Phi) is 9.36. The molecule has 0 spiro atoms. The van der Waals surface area contributed by atoms with Crippen molar-refractivity contribution in [2.24, 2.45) is 0 Å². The molecule has 1 rings (SSSR count). The van der Waals surface area contributed by atoms with E-state index in [1.54, 1.807) is 0 Å². The van der Waals surface area contributed by atoms with Crippen LogP contribution >= 0.6 is 0 Å². The third-order valence-electron chi connectivity index (χ3n) is 4.13. The van der Waals surface area contributed by atoms with E-state index in [1.165, 1.54) is 53.5 Å². The van der Waals surface area contributed by atoms with Gasteiger partial charge in [-0.1, -0.05) is 64.8 Å². The molecule has 0 heterocycles. The largest absolute Gasteiger partial charge is 0.0856 e. The number of benzene rings is 1. The SMILES string of the molecule is CC(C)=CCC/C(C)=C/CC/C(C)=C/CCc1cccc(C)c1. The highest BCUT2D eigenvalue weighted by Gasteiger charge is 1.94. The van der Waals surface area contributed by atoms with Crippen LogP contribution in [0.2, 0.25) is 0 Å². The van der Waals surface area contributed by atoms with Gasteiger partial charge in [0.05, 0.1) is 0 Å². The van der Waals surface area contributed by atoms with E-state index in [4.69, 9.17) is 0 Å². The summed E-state index contributed by atoms with van der Waals surface area (Å²) in [4.78, 5) is 0. The maximum absolute atomic E-state index is 2.41. The first-order valence-electron chi connectivity index (χ1n) is 8.97. The van der Waals surface area contributed by atoms with Gasteiger partial charge < -0.3 is 0 Å². The van der Waals surface area contributed by atoms with Gasteiger partial charge in [0, 0.05) is 0 Å². The average molecular weight is 311 g/mol. The zero-order valence-corrected chi connectivity index (χ0v) is 15.8. The van der Waals surface area contributed by atoms with Crippen LogP contribution < -0.4 is 0 Å². The Hall–Kier alpha value is -1.56. The Labute approximate surface area is 144 Å². The van der Waals surface area contributed by atoms with Gasteiger partial charge in [-0.2, -0.15) is 0 Å². The molecule has 0 aliphatic carbocycles. The van der Waals surface area contributed by atoms with Gasteiger partial charge in [-0.05, 0) is 78.7 Å². The van der Waals surface area contributed by atoms with Crippen molar-refractivity contribution in [2.45, 2.75) is 73.1 Å². The van der Waals surface area contributed by atoms with E-state index < -0.39 is 0 Å². The summed E-state index contributed by atoms with van der Waals surface area (Å²) < 4.78 is 0. The number of hydrogen-bond acceptors (Lipinski definition) is 0. The van der Waals surface area contributed by atoms with Crippen LogP contribution in [0.4, 0.5) is 0 Å². The van der Waals surface area contributed by atoms with Gasteiger partial charge >= 0.3 is 0 Å². The first-order chi connectivity index (χ1) is 11.0. The monoisotopic (exact) mass is 310 g/mol. The molecule has 23 heavy (non-hydrogen) atoms. The lowest BCUT2D eigenvalue weighted by Gasteiger charge is -2.03. The van der Waals surface area contributed by atoms with Crippen molar-refractivity contribution in [1.82, 2.24) is 0 Å². The molecular weight excluding hydrogens is 276 g/mol. The van der Waals surface area contributed by atoms with Crippen molar-refractivity contribution in [3.8, 4) is 0 Å². The predicted molar refractivity (Wildman–Crippen MR) is 105 cm³/mol. The van der Waals surface area contributed by atoms with Crippen LogP contribution in [0.15, 0.2) is 59.2 Å². The topological polar surface area (TPSA) is 0 Å². The van der Waals surface area contributed by atoms with Gasteiger partial charge in [0.2, 0.25) is 0 Å². The fraction of sp³-hybridized carbons (Fsp3) is 0.478. The average Bonchev–Trinajstić information content (AvgIpc) is 2.47. The molecule has 0 bridgehead atoms. The van der Waals surface area contributed by atoms with E-state index in [2.05, 4.69) is 77.1 Å². The molecule has 0 fully saturated rings. The highest BCUT2D eigenvalue weighted by molar-refractivity contribution is 5.22. The molecule has 0 unspecified atom stereocenters. The molecule has 0 aromatic heterocycles. The van der Waals surface area contributed by atoms with Crippen molar-refractivity contribution < 1.29 is 0 Å². The second-order valence-electron chi connectivity index (χ2n) is 6.99. The Morgan fingerprint density at radius 3 is 2.04 bits per heavy atom. The fourth-order valence-electron chi connectivity index (χ4n) is 2.69. The molecule has 0 aliphatic heterocycles. The van der Waals surface area contributed by atoms with Crippen LogP contribution in [0.3, 0.4) is 0 Å². The third-order valence-corrected chi connectivity index (χ3v) is 4.13. The van der Waals surface area contributed by atoms with E-state index >= 15 is 0 Å². The van der Waals surface area contributed by atoms with Crippen LogP contribution in [0.25, 0.3) is 0 Å². The van der Waals surface area contributed by atoms with Crippen molar-refractivity contribution >= 4 is 0 Å². The van der Waals surface area contributed by atoms with E-state index in [0.29, 0.717) is 0 Å². The van der Waals surface area contributed by atoms with Crippen LogP contribution in [0.5, 0.6) is 0 Å². The van der Waals surface area contributed by atoms with Crippen LogP contribution in [-0.4, -0.2) is 0 Å². The van der Waals surface area contributed by atoms with Crippen molar-refractivity contribution in [3.05, 3.63) is 70.3 Å². The minimum Gasteiger partial charge on any atom is -0.0856 e. The number of allylic oxidation sites excluding steroid dienone is 6. The molecule has 0 saturated heterocycles. The third kappa shape index (κ3) is 9.94.